The molecule has 1 aliphatic rings. The topological polar surface area (TPSA) is 62.6 Å². The summed E-state index contributed by atoms with van der Waals surface area (Å²) >= 11 is 1.47. The lowest BCUT2D eigenvalue weighted by Gasteiger charge is -2.31. The maximum absolute atomic E-state index is 14.5. The van der Waals surface area contributed by atoms with Gasteiger partial charge in [-0.15, -0.1) is 11.3 Å². The zero-order valence-electron chi connectivity index (χ0n) is 18.3. The van der Waals surface area contributed by atoms with Gasteiger partial charge in [-0.3, -0.25) is 14.5 Å². The van der Waals surface area contributed by atoms with Gasteiger partial charge in [0.15, 0.2) is 6.04 Å². The molecule has 1 saturated carbocycles. The molecule has 0 aliphatic heterocycles. The van der Waals surface area contributed by atoms with Crippen LogP contribution in [0.2, 0.25) is 0 Å². The molecule has 1 fully saturated rings. The quantitative estimate of drug-likeness (QED) is 0.515. The van der Waals surface area contributed by atoms with Gasteiger partial charge in [-0.2, -0.15) is 0 Å². The Morgan fingerprint density at radius 3 is 2.59 bits per heavy atom. The van der Waals surface area contributed by atoms with Crippen molar-refractivity contribution >= 4 is 28.8 Å². The summed E-state index contributed by atoms with van der Waals surface area (Å²) in [6, 6.07) is 10.9. The summed E-state index contributed by atoms with van der Waals surface area (Å²) in [6.45, 7) is 3.45. The zero-order valence-corrected chi connectivity index (χ0v) is 19.1. The summed E-state index contributed by atoms with van der Waals surface area (Å²) in [6.07, 6.45) is 4.08. The number of benzene rings is 1. The van der Waals surface area contributed by atoms with Crippen molar-refractivity contribution in [3.05, 3.63) is 75.6 Å². The van der Waals surface area contributed by atoms with Crippen molar-refractivity contribution in [1.82, 2.24) is 5.32 Å². The Labute approximate surface area is 191 Å². The second-order valence-corrected chi connectivity index (χ2v) is 9.33. The van der Waals surface area contributed by atoms with Crippen LogP contribution in [0.3, 0.4) is 0 Å². The van der Waals surface area contributed by atoms with Gasteiger partial charge in [0.2, 0.25) is 5.91 Å². The molecule has 2 heterocycles. The van der Waals surface area contributed by atoms with Gasteiger partial charge in [-0.1, -0.05) is 25.0 Å². The normalized spacial score (nSPS) is 15.0. The van der Waals surface area contributed by atoms with Gasteiger partial charge < -0.3 is 9.73 Å². The van der Waals surface area contributed by atoms with Crippen LogP contribution in [0, 0.1) is 19.7 Å². The van der Waals surface area contributed by atoms with Crippen molar-refractivity contribution in [3.8, 4) is 0 Å². The van der Waals surface area contributed by atoms with E-state index in [-0.39, 0.29) is 24.3 Å². The minimum atomic E-state index is -1.03. The minimum Gasteiger partial charge on any atom is -0.464 e. The molecule has 0 unspecified atom stereocenters. The van der Waals surface area contributed by atoms with Crippen LogP contribution in [0.5, 0.6) is 0 Å². The van der Waals surface area contributed by atoms with E-state index < -0.39 is 11.9 Å². The van der Waals surface area contributed by atoms with Gasteiger partial charge in [0.1, 0.15) is 17.3 Å². The van der Waals surface area contributed by atoms with E-state index in [0.717, 1.165) is 30.6 Å². The van der Waals surface area contributed by atoms with Crippen LogP contribution in [0.4, 0.5) is 10.1 Å². The smallest absolute Gasteiger partial charge is 0.251 e. The standard InChI is InChI=1S/C25H27FN2O3S/c1-16-9-11-19(14-21(16)26)28(23(29)15-20-8-5-13-32-20)24(22-12-10-17(2)31-22)25(30)27-18-6-3-4-7-18/h5,8-14,18,24H,3-4,6-7,15H2,1-2H3,(H,27,30)/t24-/m1/s1. The lowest BCUT2D eigenvalue weighted by atomic mass is 10.1. The molecule has 3 aromatic rings. The predicted molar refractivity (Wildman–Crippen MR) is 123 cm³/mol. The van der Waals surface area contributed by atoms with Crippen molar-refractivity contribution in [2.75, 3.05) is 4.90 Å². The molecule has 1 atom stereocenters. The number of nitrogens with one attached hydrogen (secondary N) is 1. The summed E-state index contributed by atoms with van der Waals surface area (Å²) in [7, 11) is 0. The van der Waals surface area contributed by atoms with Crippen molar-refractivity contribution < 1.29 is 18.4 Å². The first-order chi connectivity index (χ1) is 15.4. The summed E-state index contributed by atoms with van der Waals surface area (Å²) in [5.41, 5.74) is 0.801. The average Bonchev–Trinajstić information content (AvgIpc) is 3.52. The number of hydrogen-bond donors (Lipinski definition) is 1. The van der Waals surface area contributed by atoms with E-state index in [9.17, 15) is 14.0 Å². The summed E-state index contributed by atoms with van der Waals surface area (Å²) in [4.78, 5) is 29.3. The van der Waals surface area contributed by atoms with Gasteiger partial charge in [-0.25, -0.2) is 4.39 Å². The van der Waals surface area contributed by atoms with Crippen molar-refractivity contribution in [2.24, 2.45) is 0 Å². The number of furan rings is 1. The third-order valence-corrected chi connectivity index (χ3v) is 6.72. The summed E-state index contributed by atoms with van der Waals surface area (Å²) in [5, 5.41) is 4.99. The van der Waals surface area contributed by atoms with Crippen LogP contribution in [0.15, 0.2) is 52.3 Å². The highest BCUT2D eigenvalue weighted by Crippen LogP contribution is 2.32. The largest absolute Gasteiger partial charge is 0.464 e. The molecule has 2 amide bonds. The number of carbonyl (C=O) groups excluding carboxylic acids is 2. The van der Waals surface area contributed by atoms with Crippen LogP contribution in [-0.4, -0.2) is 17.9 Å². The number of rotatable bonds is 7. The van der Waals surface area contributed by atoms with Crippen LogP contribution >= 0.6 is 11.3 Å². The fraction of sp³-hybridized carbons (Fsp3) is 0.360. The number of nitrogens with zero attached hydrogens (tertiary/aromatic N) is 1. The van der Waals surface area contributed by atoms with Crippen LogP contribution in [0.25, 0.3) is 0 Å². The Morgan fingerprint density at radius 2 is 1.97 bits per heavy atom. The Hall–Kier alpha value is -2.93. The van der Waals surface area contributed by atoms with E-state index in [1.54, 1.807) is 38.1 Å². The number of thiophene rings is 1. The number of carbonyl (C=O) groups is 2. The molecule has 1 aliphatic carbocycles. The highest BCUT2D eigenvalue weighted by atomic mass is 32.1. The first kappa shape index (κ1) is 22.3. The lowest BCUT2D eigenvalue weighted by molar-refractivity contribution is -0.127. The van der Waals surface area contributed by atoms with Crippen molar-refractivity contribution in [1.29, 1.82) is 0 Å². The monoisotopic (exact) mass is 454 g/mol. The van der Waals surface area contributed by atoms with Gasteiger partial charge in [0.05, 0.1) is 6.42 Å². The number of amides is 2. The van der Waals surface area contributed by atoms with E-state index in [1.165, 1.54) is 22.3 Å². The summed E-state index contributed by atoms with van der Waals surface area (Å²) < 4.78 is 20.3. The molecule has 1 N–H and O–H groups in total. The number of halogens is 1. The molecule has 0 spiro atoms. The van der Waals surface area contributed by atoms with Gasteiger partial charge in [0.25, 0.3) is 5.91 Å². The Kier molecular flexibility index (Phi) is 6.74. The first-order valence-corrected chi connectivity index (χ1v) is 11.8. The molecule has 32 heavy (non-hydrogen) atoms. The van der Waals surface area contributed by atoms with E-state index in [0.29, 0.717) is 22.8 Å². The number of anilines is 1. The van der Waals surface area contributed by atoms with E-state index in [4.69, 9.17) is 4.42 Å². The molecular weight excluding hydrogens is 427 g/mol. The Bertz CT molecular complexity index is 1090. The lowest BCUT2D eigenvalue weighted by Crippen LogP contribution is -2.46. The molecule has 5 nitrogen and oxygen atoms in total. The van der Waals surface area contributed by atoms with E-state index >= 15 is 0 Å². The maximum atomic E-state index is 14.5. The van der Waals surface area contributed by atoms with E-state index in [1.807, 2.05) is 17.5 Å². The van der Waals surface area contributed by atoms with Crippen LogP contribution < -0.4 is 10.2 Å². The molecule has 2 aromatic heterocycles. The molecule has 0 radical (unpaired) electrons. The van der Waals surface area contributed by atoms with Gasteiger partial charge in [0, 0.05) is 16.6 Å². The molecular formula is C25H27FN2O3S. The molecule has 0 saturated heterocycles. The molecule has 168 valence electrons. The summed E-state index contributed by atoms with van der Waals surface area (Å²) in [5.74, 6) is -0.0389. The molecule has 7 heteroatoms. The second kappa shape index (κ2) is 9.69. The Balaban J connectivity index is 1.76. The van der Waals surface area contributed by atoms with Crippen LogP contribution in [0.1, 0.15) is 53.7 Å². The van der Waals surface area contributed by atoms with Gasteiger partial charge in [-0.05, 0) is 68.0 Å². The number of aryl methyl sites for hydroxylation is 2. The molecule has 0 bridgehead atoms. The first-order valence-electron chi connectivity index (χ1n) is 10.9. The average molecular weight is 455 g/mol. The third kappa shape index (κ3) is 4.93. The van der Waals surface area contributed by atoms with Gasteiger partial charge >= 0.3 is 0 Å². The van der Waals surface area contributed by atoms with E-state index in [2.05, 4.69) is 5.32 Å². The second-order valence-electron chi connectivity index (χ2n) is 8.29. The fourth-order valence-corrected chi connectivity index (χ4v) is 4.84. The highest BCUT2D eigenvalue weighted by Gasteiger charge is 2.36. The molecule has 4 rings (SSSR count). The zero-order chi connectivity index (χ0) is 22.7. The third-order valence-electron chi connectivity index (χ3n) is 5.85. The SMILES string of the molecule is Cc1ccc([C@H](C(=O)NC2CCCC2)N(C(=O)Cc2cccs2)c2ccc(C)c(F)c2)o1. The fourth-order valence-electron chi connectivity index (χ4n) is 4.14. The van der Waals surface area contributed by atoms with Crippen LogP contribution in [-0.2, 0) is 16.0 Å². The minimum absolute atomic E-state index is 0.0741. The number of hydrogen-bond acceptors (Lipinski definition) is 4. The predicted octanol–water partition coefficient (Wildman–Crippen LogP) is 5.47. The maximum Gasteiger partial charge on any atom is 0.251 e. The van der Waals surface area contributed by atoms with Crippen molar-refractivity contribution in [2.45, 2.75) is 58.0 Å². The Morgan fingerprint density at radius 1 is 1.19 bits per heavy atom. The van der Waals surface area contributed by atoms with Crippen molar-refractivity contribution in [3.63, 3.8) is 0 Å². The molecule has 1 aromatic carbocycles. The highest BCUT2D eigenvalue weighted by molar-refractivity contribution is 7.10.